The molecule has 0 aromatic rings. The van der Waals surface area contributed by atoms with E-state index in [1.54, 1.807) is 0 Å². The predicted octanol–water partition coefficient (Wildman–Crippen LogP) is 2.31. The zero-order chi connectivity index (χ0) is 13.4. The van der Waals surface area contributed by atoms with Gasteiger partial charge in [-0.3, -0.25) is 4.90 Å². The van der Waals surface area contributed by atoms with Gasteiger partial charge < -0.3 is 10.6 Å². The highest BCUT2D eigenvalue weighted by molar-refractivity contribution is 4.95. The molecule has 108 valence electrons. The van der Waals surface area contributed by atoms with Crippen molar-refractivity contribution in [1.29, 1.82) is 0 Å². The second-order valence-electron chi connectivity index (χ2n) is 5.60. The van der Waals surface area contributed by atoms with E-state index in [2.05, 4.69) is 30.6 Å². The van der Waals surface area contributed by atoms with Crippen LogP contribution in [0.3, 0.4) is 0 Å². The summed E-state index contributed by atoms with van der Waals surface area (Å²) in [4.78, 5) is 5.17. The van der Waals surface area contributed by atoms with E-state index in [0.717, 1.165) is 13.1 Å². The third-order valence-electron chi connectivity index (χ3n) is 4.76. The highest BCUT2D eigenvalue weighted by atomic mass is 15.2. The van der Waals surface area contributed by atoms with E-state index in [9.17, 15) is 0 Å². The lowest BCUT2D eigenvalue weighted by molar-refractivity contribution is 0.0991. The van der Waals surface area contributed by atoms with Gasteiger partial charge in [0.05, 0.1) is 0 Å². The van der Waals surface area contributed by atoms with Gasteiger partial charge in [-0.05, 0) is 52.0 Å². The van der Waals surface area contributed by atoms with E-state index in [0.29, 0.717) is 5.54 Å². The zero-order valence-electron chi connectivity index (χ0n) is 12.7. The highest BCUT2D eigenvalue weighted by Crippen LogP contribution is 2.34. The number of rotatable bonds is 9. The summed E-state index contributed by atoms with van der Waals surface area (Å²) in [6.45, 7) is 13.6. The van der Waals surface area contributed by atoms with E-state index in [1.165, 1.54) is 58.3 Å². The monoisotopic (exact) mass is 255 g/mol. The summed E-state index contributed by atoms with van der Waals surface area (Å²) in [7, 11) is 0. The van der Waals surface area contributed by atoms with Crippen LogP contribution in [0, 0.1) is 0 Å². The van der Waals surface area contributed by atoms with Crippen molar-refractivity contribution < 1.29 is 0 Å². The van der Waals surface area contributed by atoms with Crippen molar-refractivity contribution in [1.82, 2.24) is 9.80 Å². The normalized spacial score (nSPS) is 19.0. The van der Waals surface area contributed by atoms with Crippen LogP contribution in [0.25, 0.3) is 0 Å². The minimum Gasteiger partial charge on any atom is -0.329 e. The fraction of sp³-hybridized carbons (Fsp3) is 1.00. The van der Waals surface area contributed by atoms with Gasteiger partial charge in [0.2, 0.25) is 0 Å². The van der Waals surface area contributed by atoms with E-state index >= 15 is 0 Å². The van der Waals surface area contributed by atoms with Gasteiger partial charge in [-0.2, -0.15) is 0 Å². The first kappa shape index (κ1) is 15.9. The number of hydrogen-bond donors (Lipinski definition) is 1. The summed E-state index contributed by atoms with van der Waals surface area (Å²) < 4.78 is 0. The quantitative estimate of drug-likeness (QED) is 0.686. The Kier molecular flexibility index (Phi) is 7.20. The van der Waals surface area contributed by atoms with Crippen LogP contribution in [-0.4, -0.2) is 54.6 Å². The average Bonchev–Trinajstić information content (AvgIpc) is 2.89. The van der Waals surface area contributed by atoms with Gasteiger partial charge in [-0.1, -0.05) is 33.6 Å². The second-order valence-corrected chi connectivity index (χ2v) is 5.60. The highest BCUT2D eigenvalue weighted by Gasteiger charge is 2.37. The van der Waals surface area contributed by atoms with Gasteiger partial charge in [-0.15, -0.1) is 0 Å². The second kappa shape index (κ2) is 8.13. The van der Waals surface area contributed by atoms with Crippen molar-refractivity contribution in [2.75, 3.05) is 39.3 Å². The van der Waals surface area contributed by atoms with Crippen molar-refractivity contribution in [3.63, 3.8) is 0 Å². The SMILES string of the molecule is CCN(CC)CCCN(CC)C1(CN)CCCC1. The zero-order valence-corrected chi connectivity index (χ0v) is 12.7. The molecule has 0 amide bonds. The molecule has 0 saturated heterocycles. The Hall–Kier alpha value is -0.120. The van der Waals surface area contributed by atoms with Crippen molar-refractivity contribution in [3.05, 3.63) is 0 Å². The fourth-order valence-electron chi connectivity index (χ4n) is 3.44. The molecular weight excluding hydrogens is 222 g/mol. The van der Waals surface area contributed by atoms with Crippen LogP contribution in [0.2, 0.25) is 0 Å². The molecule has 1 fully saturated rings. The predicted molar refractivity (Wildman–Crippen MR) is 79.9 cm³/mol. The lowest BCUT2D eigenvalue weighted by Crippen LogP contribution is -2.52. The Morgan fingerprint density at radius 3 is 2.00 bits per heavy atom. The largest absolute Gasteiger partial charge is 0.329 e. The molecule has 0 aromatic heterocycles. The van der Waals surface area contributed by atoms with E-state index < -0.39 is 0 Å². The molecule has 1 saturated carbocycles. The van der Waals surface area contributed by atoms with Crippen molar-refractivity contribution in [3.8, 4) is 0 Å². The maximum absolute atomic E-state index is 6.08. The van der Waals surface area contributed by atoms with Gasteiger partial charge in [-0.25, -0.2) is 0 Å². The molecule has 1 rings (SSSR count). The van der Waals surface area contributed by atoms with Crippen molar-refractivity contribution in [2.45, 2.75) is 58.4 Å². The molecule has 0 heterocycles. The number of hydrogen-bond acceptors (Lipinski definition) is 3. The number of nitrogens with zero attached hydrogens (tertiary/aromatic N) is 2. The third kappa shape index (κ3) is 3.94. The molecule has 0 aliphatic heterocycles. The van der Waals surface area contributed by atoms with Crippen LogP contribution in [0.4, 0.5) is 0 Å². The summed E-state index contributed by atoms with van der Waals surface area (Å²) in [5.41, 5.74) is 6.41. The molecule has 0 aromatic carbocycles. The van der Waals surface area contributed by atoms with Gasteiger partial charge in [0.25, 0.3) is 0 Å². The minimum absolute atomic E-state index is 0.331. The van der Waals surface area contributed by atoms with Gasteiger partial charge in [0.15, 0.2) is 0 Å². The van der Waals surface area contributed by atoms with Crippen LogP contribution in [0.15, 0.2) is 0 Å². The Balaban J connectivity index is 2.41. The molecule has 1 aliphatic rings. The van der Waals surface area contributed by atoms with E-state index in [-0.39, 0.29) is 0 Å². The summed E-state index contributed by atoms with van der Waals surface area (Å²) in [5, 5.41) is 0. The molecule has 2 N–H and O–H groups in total. The number of likely N-dealkylation sites (N-methyl/N-ethyl adjacent to an activating group) is 1. The van der Waals surface area contributed by atoms with Crippen LogP contribution < -0.4 is 5.73 Å². The van der Waals surface area contributed by atoms with E-state index in [1.807, 2.05) is 0 Å². The maximum Gasteiger partial charge on any atom is 0.0331 e. The first-order valence-electron chi connectivity index (χ1n) is 7.89. The number of nitrogens with two attached hydrogens (primary N) is 1. The van der Waals surface area contributed by atoms with Gasteiger partial charge >= 0.3 is 0 Å². The fourth-order valence-corrected chi connectivity index (χ4v) is 3.44. The topological polar surface area (TPSA) is 32.5 Å². The summed E-state index contributed by atoms with van der Waals surface area (Å²) in [5.74, 6) is 0. The first-order valence-corrected chi connectivity index (χ1v) is 7.89. The Morgan fingerprint density at radius 2 is 1.56 bits per heavy atom. The van der Waals surface area contributed by atoms with E-state index in [4.69, 9.17) is 5.73 Å². The lowest BCUT2D eigenvalue weighted by Gasteiger charge is -2.40. The summed E-state index contributed by atoms with van der Waals surface area (Å²) >= 11 is 0. The molecule has 0 unspecified atom stereocenters. The van der Waals surface area contributed by atoms with Crippen LogP contribution in [0.5, 0.6) is 0 Å². The van der Waals surface area contributed by atoms with Crippen LogP contribution in [-0.2, 0) is 0 Å². The maximum atomic E-state index is 6.08. The Bertz CT molecular complexity index is 208. The van der Waals surface area contributed by atoms with Crippen LogP contribution >= 0.6 is 0 Å². The standard InChI is InChI=1S/C15H33N3/c1-4-17(5-2)12-9-13-18(6-3)15(14-16)10-7-8-11-15/h4-14,16H2,1-3H3. The molecule has 0 radical (unpaired) electrons. The molecule has 1 aliphatic carbocycles. The summed E-state index contributed by atoms with van der Waals surface area (Å²) in [6, 6.07) is 0. The molecule has 3 heteroatoms. The first-order chi connectivity index (χ1) is 8.72. The Morgan fingerprint density at radius 1 is 0.944 bits per heavy atom. The molecule has 3 nitrogen and oxygen atoms in total. The molecule has 0 bridgehead atoms. The van der Waals surface area contributed by atoms with Crippen molar-refractivity contribution >= 4 is 0 Å². The average molecular weight is 255 g/mol. The Labute approximate surface area is 114 Å². The van der Waals surface area contributed by atoms with Gasteiger partial charge in [0, 0.05) is 12.1 Å². The lowest BCUT2D eigenvalue weighted by atomic mass is 9.95. The van der Waals surface area contributed by atoms with Crippen LogP contribution in [0.1, 0.15) is 52.9 Å². The summed E-state index contributed by atoms with van der Waals surface area (Å²) in [6.07, 6.45) is 6.62. The minimum atomic E-state index is 0.331. The van der Waals surface area contributed by atoms with Gasteiger partial charge in [0.1, 0.15) is 0 Å². The smallest absolute Gasteiger partial charge is 0.0331 e. The molecular formula is C15H33N3. The molecule has 0 spiro atoms. The molecule has 0 atom stereocenters. The van der Waals surface area contributed by atoms with Crippen molar-refractivity contribution in [2.24, 2.45) is 5.73 Å². The third-order valence-corrected chi connectivity index (χ3v) is 4.76. The molecule has 18 heavy (non-hydrogen) atoms.